The van der Waals surface area contributed by atoms with E-state index < -0.39 is 6.10 Å². The van der Waals surface area contributed by atoms with Crippen LogP contribution in [0.3, 0.4) is 0 Å². The van der Waals surface area contributed by atoms with Crippen LogP contribution in [0.2, 0.25) is 0 Å². The zero-order valence-electron chi connectivity index (χ0n) is 11.7. The average Bonchev–Trinajstić information content (AvgIpc) is 2.49. The first kappa shape index (κ1) is 14.4. The third-order valence-corrected chi connectivity index (χ3v) is 2.98. The summed E-state index contributed by atoms with van der Waals surface area (Å²) in [6.45, 7) is 2.94. The number of ether oxygens (including phenoxy) is 1. The molecular formula is C15H19N3O2. The van der Waals surface area contributed by atoms with E-state index in [1.165, 1.54) is 0 Å². The molecule has 0 bridgehead atoms. The molecule has 1 aromatic heterocycles. The summed E-state index contributed by atoms with van der Waals surface area (Å²) in [4.78, 5) is 8.42. The number of aryl methyl sites for hydroxylation is 1. The number of rotatable bonds is 6. The third kappa shape index (κ3) is 4.01. The van der Waals surface area contributed by atoms with Crippen LogP contribution in [-0.2, 0) is 6.54 Å². The molecular weight excluding hydrogens is 254 g/mol. The number of aliphatic hydroxyl groups is 1. The second-order valence-corrected chi connectivity index (χ2v) is 4.57. The van der Waals surface area contributed by atoms with Gasteiger partial charge in [-0.05, 0) is 24.6 Å². The number of methoxy groups -OCH3 is 1. The SMILES string of the molecule is COc1ccc(C(O)CNCc2cnc(C)cn2)cc1. The van der Waals surface area contributed by atoms with Gasteiger partial charge in [-0.15, -0.1) is 0 Å². The molecule has 0 saturated heterocycles. The molecule has 1 atom stereocenters. The quantitative estimate of drug-likeness (QED) is 0.837. The normalized spacial score (nSPS) is 12.2. The summed E-state index contributed by atoms with van der Waals surface area (Å²) in [5.41, 5.74) is 2.61. The Bertz CT molecular complexity index is 526. The van der Waals surface area contributed by atoms with E-state index in [0.717, 1.165) is 22.7 Å². The minimum absolute atomic E-state index is 0.460. The van der Waals surface area contributed by atoms with Gasteiger partial charge in [-0.2, -0.15) is 0 Å². The van der Waals surface area contributed by atoms with Gasteiger partial charge in [-0.1, -0.05) is 12.1 Å². The van der Waals surface area contributed by atoms with Crippen molar-refractivity contribution in [3.63, 3.8) is 0 Å². The molecule has 0 aliphatic carbocycles. The maximum absolute atomic E-state index is 10.1. The molecule has 1 aromatic carbocycles. The molecule has 0 saturated carbocycles. The van der Waals surface area contributed by atoms with Crippen LogP contribution in [0.25, 0.3) is 0 Å². The minimum atomic E-state index is -0.556. The molecule has 1 heterocycles. The molecule has 0 aliphatic heterocycles. The molecule has 2 N–H and O–H groups in total. The van der Waals surface area contributed by atoms with Crippen LogP contribution in [0.5, 0.6) is 5.75 Å². The van der Waals surface area contributed by atoms with E-state index in [1.54, 1.807) is 19.5 Å². The Hall–Kier alpha value is -1.98. The lowest BCUT2D eigenvalue weighted by Crippen LogP contribution is -2.21. The number of hydrogen-bond acceptors (Lipinski definition) is 5. The van der Waals surface area contributed by atoms with Gasteiger partial charge in [0.1, 0.15) is 5.75 Å². The first-order chi connectivity index (χ1) is 9.69. The summed E-state index contributed by atoms with van der Waals surface area (Å²) in [6.07, 6.45) is 2.92. The molecule has 20 heavy (non-hydrogen) atoms. The number of benzene rings is 1. The van der Waals surface area contributed by atoms with Crippen molar-refractivity contribution < 1.29 is 9.84 Å². The fourth-order valence-electron chi connectivity index (χ4n) is 1.79. The fraction of sp³-hybridized carbons (Fsp3) is 0.333. The highest BCUT2D eigenvalue weighted by Gasteiger charge is 2.07. The van der Waals surface area contributed by atoms with Crippen molar-refractivity contribution in [2.45, 2.75) is 19.6 Å². The predicted molar refractivity (Wildman–Crippen MR) is 76.4 cm³/mol. The molecule has 1 unspecified atom stereocenters. The summed E-state index contributed by atoms with van der Waals surface area (Å²) in [6, 6.07) is 7.39. The Labute approximate surface area is 118 Å². The van der Waals surface area contributed by atoms with Crippen molar-refractivity contribution in [1.29, 1.82) is 0 Å². The summed E-state index contributed by atoms with van der Waals surface area (Å²) in [7, 11) is 1.62. The lowest BCUT2D eigenvalue weighted by molar-refractivity contribution is 0.174. The maximum atomic E-state index is 10.1. The number of nitrogens with one attached hydrogen (secondary N) is 1. The standard InChI is InChI=1S/C15H19N3O2/c1-11-7-18-13(9-17-11)8-16-10-15(19)12-3-5-14(20-2)6-4-12/h3-7,9,15-16,19H,8,10H2,1-2H3. The number of aliphatic hydroxyl groups excluding tert-OH is 1. The van der Waals surface area contributed by atoms with Gasteiger partial charge in [0, 0.05) is 25.5 Å². The Balaban J connectivity index is 1.82. The molecule has 0 spiro atoms. The highest BCUT2D eigenvalue weighted by atomic mass is 16.5. The predicted octanol–water partition coefficient (Wildman–Crippen LogP) is 1.62. The third-order valence-electron chi connectivity index (χ3n) is 2.98. The van der Waals surface area contributed by atoms with E-state index >= 15 is 0 Å². The van der Waals surface area contributed by atoms with Gasteiger partial charge in [0.15, 0.2) is 0 Å². The van der Waals surface area contributed by atoms with Crippen LogP contribution < -0.4 is 10.1 Å². The fourth-order valence-corrected chi connectivity index (χ4v) is 1.79. The monoisotopic (exact) mass is 273 g/mol. The highest BCUT2D eigenvalue weighted by molar-refractivity contribution is 5.28. The molecule has 5 heteroatoms. The van der Waals surface area contributed by atoms with Crippen molar-refractivity contribution in [1.82, 2.24) is 15.3 Å². The molecule has 0 radical (unpaired) electrons. The lowest BCUT2D eigenvalue weighted by Gasteiger charge is -2.12. The highest BCUT2D eigenvalue weighted by Crippen LogP contribution is 2.16. The van der Waals surface area contributed by atoms with Crippen LogP contribution in [-0.4, -0.2) is 28.7 Å². The first-order valence-corrected chi connectivity index (χ1v) is 6.49. The molecule has 2 aromatic rings. The topological polar surface area (TPSA) is 67.3 Å². The van der Waals surface area contributed by atoms with Gasteiger partial charge in [0.25, 0.3) is 0 Å². The Morgan fingerprint density at radius 2 is 1.95 bits per heavy atom. The first-order valence-electron chi connectivity index (χ1n) is 6.49. The second-order valence-electron chi connectivity index (χ2n) is 4.57. The van der Waals surface area contributed by atoms with Crippen molar-refractivity contribution >= 4 is 0 Å². The number of hydrogen-bond donors (Lipinski definition) is 2. The Morgan fingerprint density at radius 1 is 1.20 bits per heavy atom. The van der Waals surface area contributed by atoms with Crippen LogP contribution in [0.15, 0.2) is 36.7 Å². The van der Waals surface area contributed by atoms with Crippen molar-refractivity contribution in [2.75, 3.05) is 13.7 Å². The van der Waals surface area contributed by atoms with Crippen molar-refractivity contribution in [3.8, 4) is 5.75 Å². The maximum Gasteiger partial charge on any atom is 0.118 e. The van der Waals surface area contributed by atoms with Crippen LogP contribution >= 0.6 is 0 Å². The van der Waals surface area contributed by atoms with Crippen molar-refractivity contribution in [2.24, 2.45) is 0 Å². The van der Waals surface area contributed by atoms with Gasteiger partial charge >= 0.3 is 0 Å². The zero-order chi connectivity index (χ0) is 14.4. The van der Waals surface area contributed by atoms with E-state index in [0.29, 0.717) is 13.1 Å². The Kier molecular flexibility index (Phi) is 5.03. The van der Waals surface area contributed by atoms with E-state index in [9.17, 15) is 5.11 Å². The molecule has 106 valence electrons. The van der Waals surface area contributed by atoms with Gasteiger partial charge in [-0.3, -0.25) is 9.97 Å². The van der Waals surface area contributed by atoms with E-state index in [-0.39, 0.29) is 0 Å². The largest absolute Gasteiger partial charge is 0.497 e. The van der Waals surface area contributed by atoms with Gasteiger partial charge in [0.2, 0.25) is 0 Å². The second kappa shape index (κ2) is 6.98. The summed E-state index contributed by atoms with van der Waals surface area (Å²) < 4.78 is 5.09. The molecule has 0 aliphatic rings. The number of nitrogens with zero attached hydrogens (tertiary/aromatic N) is 2. The van der Waals surface area contributed by atoms with E-state index in [2.05, 4.69) is 15.3 Å². The lowest BCUT2D eigenvalue weighted by atomic mass is 10.1. The van der Waals surface area contributed by atoms with Crippen LogP contribution in [0.1, 0.15) is 23.1 Å². The summed E-state index contributed by atoms with van der Waals surface area (Å²) in [5, 5.41) is 13.2. The van der Waals surface area contributed by atoms with Crippen LogP contribution in [0, 0.1) is 6.92 Å². The average molecular weight is 273 g/mol. The molecule has 5 nitrogen and oxygen atoms in total. The Morgan fingerprint density at radius 3 is 2.55 bits per heavy atom. The van der Waals surface area contributed by atoms with Crippen LogP contribution in [0.4, 0.5) is 0 Å². The van der Waals surface area contributed by atoms with Gasteiger partial charge < -0.3 is 15.2 Å². The summed E-state index contributed by atoms with van der Waals surface area (Å²) >= 11 is 0. The van der Waals surface area contributed by atoms with Gasteiger partial charge in [0.05, 0.1) is 24.6 Å². The minimum Gasteiger partial charge on any atom is -0.497 e. The zero-order valence-corrected chi connectivity index (χ0v) is 11.7. The van der Waals surface area contributed by atoms with Crippen molar-refractivity contribution in [3.05, 3.63) is 53.6 Å². The molecule has 0 amide bonds. The molecule has 2 rings (SSSR count). The van der Waals surface area contributed by atoms with E-state index in [1.807, 2.05) is 31.2 Å². The summed E-state index contributed by atoms with van der Waals surface area (Å²) in [5.74, 6) is 0.781. The smallest absolute Gasteiger partial charge is 0.118 e. The molecule has 0 fully saturated rings. The number of aromatic nitrogens is 2. The van der Waals surface area contributed by atoms with E-state index in [4.69, 9.17) is 4.74 Å². The van der Waals surface area contributed by atoms with Gasteiger partial charge in [-0.25, -0.2) is 0 Å².